The Balaban J connectivity index is 2.66. The highest BCUT2D eigenvalue weighted by Crippen LogP contribution is 2.38. The van der Waals surface area contributed by atoms with Gasteiger partial charge in [0.25, 0.3) is 0 Å². The molecule has 1 fully saturated rings. The van der Waals surface area contributed by atoms with E-state index in [4.69, 9.17) is 0 Å². The summed E-state index contributed by atoms with van der Waals surface area (Å²) in [6, 6.07) is 0. The Labute approximate surface area is 109 Å². The summed E-state index contributed by atoms with van der Waals surface area (Å²) in [6.07, 6.45) is 5.06. The maximum Gasteiger partial charge on any atom is 0.118 e. The third-order valence-electron chi connectivity index (χ3n) is 2.78. The molecule has 1 unspecified atom stereocenters. The average Bonchev–Trinajstić information content (AvgIpc) is 2.59. The van der Waals surface area contributed by atoms with Gasteiger partial charge in [0.05, 0.1) is 0 Å². The van der Waals surface area contributed by atoms with Crippen LogP contribution in [0.1, 0.15) is 27.7 Å². The molecular weight excluding hydrogens is 233 g/mol. The van der Waals surface area contributed by atoms with Crippen LogP contribution >= 0.6 is 11.9 Å². The monoisotopic (exact) mass is 255 g/mol. The summed E-state index contributed by atoms with van der Waals surface area (Å²) in [6.45, 7) is 12.8. The van der Waals surface area contributed by atoms with Crippen molar-refractivity contribution in [1.82, 2.24) is 4.31 Å². The van der Waals surface area contributed by atoms with Gasteiger partial charge in [0, 0.05) is 18.0 Å². The molecule has 0 aromatic heterocycles. The second-order valence-electron chi connectivity index (χ2n) is 5.33. The Kier molecular flexibility index (Phi) is 5.02. The van der Waals surface area contributed by atoms with E-state index < -0.39 is 6.17 Å². The first-order chi connectivity index (χ1) is 7.88. The summed E-state index contributed by atoms with van der Waals surface area (Å²) >= 11 is 1.64. The Morgan fingerprint density at radius 3 is 2.65 bits per heavy atom. The highest BCUT2D eigenvalue weighted by atomic mass is 32.2. The highest BCUT2D eigenvalue weighted by molar-refractivity contribution is 8.01. The van der Waals surface area contributed by atoms with Crippen LogP contribution in [0.5, 0.6) is 0 Å². The van der Waals surface area contributed by atoms with Gasteiger partial charge in [0.1, 0.15) is 6.17 Å². The molecule has 0 aromatic carbocycles. The predicted molar refractivity (Wildman–Crippen MR) is 75.6 cm³/mol. The molecule has 0 N–H and O–H groups in total. The smallest absolute Gasteiger partial charge is 0.118 e. The first kappa shape index (κ1) is 14.5. The number of allylic oxidation sites excluding steroid dienone is 3. The largest absolute Gasteiger partial charge is 0.245 e. The van der Waals surface area contributed by atoms with Gasteiger partial charge >= 0.3 is 0 Å². The van der Waals surface area contributed by atoms with Gasteiger partial charge in [0.2, 0.25) is 0 Å². The molecule has 1 nitrogen and oxygen atoms in total. The summed E-state index contributed by atoms with van der Waals surface area (Å²) in [5.74, 6) is 0. The van der Waals surface area contributed by atoms with E-state index in [1.54, 1.807) is 18.0 Å². The van der Waals surface area contributed by atoms with Gasteiger partial charge in [-0.3, -0.25) is 0 Å². The predicted octanol–water partition coefficient (Wildman–Crippen LogP) is 4.35. The average molecular weight is 255 g/mol. The molecule has 0 saturated carbocycles. The minimum atomic E-state index is -0.809. The van der Waals surface area contributed by atoms with E-state index in [0.29, 0.717) is 6.54 Å². The van der Waals surface area contributed by atoms with Crippen molar-refractivity contribution >= 4 is 11.9 Å². The molecule has 96 valence electrons. The van der Waals surface area contributed by atoms with Crippen molar-refractivity contribution < 1.29 is 4.39 Å². The fourth-order valence-electron chi connectivity index (χ4n) is 1.57. The van der Waals surface area contributed by atoms with E-state index in [2.05, 4.69) is 17.0 Å². The van der Waals surface area contributed by atoms with E-state index in [-0.39, 0.29) is 5.41 Å². The van der Waals surface area contributed by atoms with Crippen molar-refractivity contribution in [2.24, 2.45) is 5.41 Å². The van der Waals surface area contributed by atoms with Gasteiger partial charge in [-0.2, -0.15) is 0 Å². The summed E-state index contributed by atoms with van der Waals surface area (Å²) in [7, 11) is 0. The van der Waals surface area contributed by atoms with Crippen LogP contribution in [-0.4, -0.2) is 23.6 Å². The molecule has 1 saturated heterocycles. The fourth-order valence-corrected chi connectivity index (χ4v) is 2.61. The van der Waals surface area contributed by atoms with Crippen LogP contribution in [0.15, 0.2) is 35.3 Å². The first-order valence-corrected chi connectivity index (χ1v) is 6.71. The lowest BCUT2D eigenvalue weighted by molar-refractivity contribution is 0.142. The summed E-state index contributed by atoms with van der Waals surface area (Å²) in [5.41, 5.74) is 0.940. The third kappa shape index (κ3) is 4.00. The molecule has 17 heavy (non-hydrogen) atoms. The number of alkyl halides is 1. The topological polar surface area (TPSA) is 3.24 Å². The van der Waals surface area contributed by atoms with Crippen LogP contribution in [0.25, 0.3) is 0 Å². The zero-order valence-electron chi connectivity index (χ0n) is 11.2. The number of hydrogen-bond donors (Lipinski definition) is 0. The molecule has 1 atom stereocenters. The van der Waals surface area contributed by atoms with E-state index >= 15 is 0 Å². The van der Waals surface area contributed by atoms with Gasteiger partial charge in [-0.05, 0) is 29.9 Å². The molecule has 3 heteroatoms. The Morgan fingerprint density at radius 2 is 2.18 bits per heavy atom. The highest BCUT2D eigenvalue weighted by Gasteiger charge is 2.30. The Hall–Kier alpha value is -0.540. The van der Waals surface area contributed by atoms with Gasteiger partial charge in [-0.1, -0.05) is 45.6 Å². The molecular formula is C14H22FNS. The van der Waals surface area contributed by atoms with Crippen molar-refractivity contribution in [3.8, 4) is 0 Å². The van der Waals surface area contributed by atoms with Crippen molar-refractivity contribution in [1.29, 1.82) is 0 Å². The van der Waals surface area contributed by atoms with Crippen molar-refractivity contribution in [3.63, 3.8) is 0 Å². The zero-order valence-corrected chi connectivity index (χ0v) is 12.0. The molecule has 1 rings (SSSR count). The van der Waals surface area contributed by atoms with Crippen LogP contribution in [-0.2, 0) is 0 Å². The molecule has 0 spiro atoms. The van der Waals surface area contributed by atoms with E-state index in [0.717, 1.165) is 6.54 Å². The van der Waals surface area contributed by atoms with Crippen LogP contribution < -0.4 is 0 Å². The quantitative estimate of drug-likeness (QED) is 0.690. The molecule has 0 radical (unpaired) electrons. The number of halogens is 1. The second kappa shape index (κ2) is 5.87. The van der Waals surface area contributed by atoms with Crippen molar-refractivity contribution in [3.05, 3.63) is 35.3 Å². The Morgan fingerprint density at radius 1 is 1.53 bits per heavy atom. The van der Waals surface area contributed by atoms with Gasteiger partial charge < -0.3 is 0 Å². The summed E-state index contributed by atoms with van der Waals surface area (Å²) in [4.78, 5) is 1.21. The number of rotatable bonds is 3. The van der Waals surface area contributed by atoms with E-state index in [1.807, 2.05) is 33.8 Å². The third-order valence-corrected chi connectivity index (χ3v) is 4.01. The summed E-state index contributed by atoms with van der Waals surface area (Å²) < 4.78 is 16.1. The molecule has 0 aliphatic carbocycles. The molecule has 0 amide bonds. The SMILES string of the molecule is C=C/C=C1/CN(CC(F)C(C)(C)C)S/C1=C/C. The van der Waals surface area contributed by atoms with Gasteiger partial charge in [0.15, 0.2) is 0 Å². The van der Waals surface area contributed by atoms with Crippen LogP contribution in [0, 0.1) is 5.41 Å². The number of hydrogen-bond acceptors (Lipinski definition) is 2. The summed E-state index contributed by atoms with van der Waals surface area (Å²) in [5, 5.41) is 0. The van der Waals surface area contributed by atoms with Crippen molar-refractivity contribution in [2.45, 2.75) is 33.9 Å². The molecule has 1 aliphatic heterocycles. The normalized spacial score (nSPS) is 24.5. The minimum Gasteiger partial charge on any atom is -0.245 e. The Bertz CT molecular complexity index is 339. The maximum atomic E-state index is 14.0. The van der Waals surface area contributed by atoms with Crippen LogP contribution in [0.4, 0.5) is 4.39 Å². The minimum absolute atomic E-state index is 0.290. The lowest BCUT2D eigenvalue weighted by atomic mass is 9.90. The molecule has 1 aliphatic rings. The lowest BCUT2D eigenvalue weighted by Crippen LogP contribution is -2.32. The van der Waals surface area contributed by atoms with E-state index in [9.17, 15) is 4.39 Å². The van der Waals surface area contributed by atoms with Crippen LogP contribution in [0.2, 0.25) is 0 Å². The molecule has 0 bridgehead atoms. The molecule has 1 heterocycles. The van der Waals surface area contributed by atoms with Gasteiger partial charge in [-0.15, -0.1) is 0 Å². The van der Waals surface area contributed by atoms with Crippen LogP contribution in [0.3, 0.4) is 0 Å². The van der Waals surface area contributed by atoms with Crippen molar-refractivity contribution in [2.75, 3.05) is 13.1 Å². The fraction of sp³-hybridized carbons (Fsp3) is 0.571. The number of nitrogens with zero attached hydrogens (tertiary/aromatic N) is 1. The first-order valence-electron chi connectivity index (χ1n) is 5.93. The zero-order chi connectivity index (χ0) is 13.1. The maximum absolute atomic E-state index is 14.0. The van der Waals surface area contributed by atoms with Gasteiger partial charge in [-0.25, -0.2) is 8.70 Å². The van der Waals surface area contributed by atoms with E-state index in [1.165, 1.54) is 10.5 Å². The second-order valence-corrected chi connectivity index (χ2v) is 6.47. The lowest BCUT2D eigenvalue weighted by Gasteiger charge is -2.26. The standard InChI is InChI=1S/C14H22FNS/c1-6-8-11-9-16(17-12(11)7-2)10-13(15)14(3,4)5/h6-8,13H,1,9-10H2,2-5H3/b11-8-,12-7+. The molecule has 0 aromatic rings.